The van der Waals surface area contributed by atoms with Crippen LogP contribution in [0.15, 0.2) is 36.9 Å². The van der Waals surface area contributed by atoms with Crippen molar-refractivity contribution in [2.45, 2.75) is 26.4 Å². The van der Waals surface area contributed by atoms with Gasteiger partial charge in [0.1, 0.15) is 12.4 Å². The summed E-state index contributed by atoms with van der Waals surface area (Å²) in [4.78, 5) is 11.5. The minimum absolute atomic E-state index is 0.000471. The third kappa shape index (κ3) is 6.06. The molecule has 4 heteroatoms. The second kappa shape index (κ2) is 8.32. The summed E-state index contributed by atoms with van der Waals surface area (Å²) in [5.41, 5.74) is 1.03. The molecule has 0 saturated heterocycles. The Bertz CT molecular complexity index is 416. The summed E-state index contributed by atoms with van der Waals surface area (Å²) in [6, 6.07) is 7.93. The van der Waals surface area contributed by atoms with Crippen LogP contribution in [0.5, 0.6) is 5.75 Å². The van der Waals surface area contributed by atoms with Crippen LogP contribution in [0, 0.1) is 0 Å². The van der Waals surface area contributed by atoms with E-state index in [1.165, 1.54) is 0 Å². The summed E-state index contributed by atoms with van der Waals surface area (Å²) in [6.07, 6.45) is 1.71. The monoisotopic (exact) mass is 262 g/mol. The highest BCUT2D eigenvalue weighted by Crippen LogP contribution is 2.17. The Balaban J connectivity index is 2.44. The molecule has 0 fully saturated rings. The van der Waals surface area contributed by atoms with Gasteiger partial charge in [0, 0.05) is 18.2 Å². The Morgan fingerprint density at radius 2 is 2.16 bits per heavy atom. The van der Waals surface area contributed by atoms with E-state index in [2.05, 4.69) is 17.2 Å². The molecule has 19 heavy (non-hydrogen) atoms. The second-order valence-corrected chi connectivity index (χ2v) is 4.53. The van der Waals surface area contributed by atoms with Crippen LogP contribution in [0.4, 0.5) is 0 Å². The zero-order chi connectivity index (χ0) is 14.1. The molecule has 0 aromatic heterocycles. The van der Waals surface area contributed by atoms with Gasteiger partial charge in [0.2, 0.25) is 5.91 Å². The minimum Gasteiger partial charge on any atom is -0.489 e. The van der Waals surface area contributed by atoms with Gasteiger partial charge in [0.25, 0.3) is 0 Å². The number of carbonyl (C=O) groups excluding carboxylic acids is 1. The number of hydrogen-bond donors (Lipinski definition) is 2. The van der Waals surface area contributed by atoms with Gasteiger partial charge in [0.05, 0.1) is 6.54 Å². The normalized spacial score (nSPS) is 10.3. The van der Waals surface area contributed by atoms with E-state index in [4.69, 9.17) is 4.74 Å². The van der Waals surface area contributed by atoms with Gasteiger partial charge in [-0.1, -0.05) is 30.9 Å². The maximum atomic E-state index is 11.5. The molecule has 0 saturated carbocycles. The Labute approximate surface area is 114 Å². The fraction of sp³-hybridized carbons (Fsp3) is 0.400. The number of rotatable bonds is 8. The summed E-state index contributed by atoms with van der Waals surface area (Å²) in [7, 11) is 0. The average Bonchev–Trinajstić information content (AvgIpc) is 2.36. The van der Waals surface area contributed by atoms with Crippen molar-refractivity contribution in [1.29, 1.82) is 0 Å². The van der Waals surface area contributed by atoms with Crippen molar-refractivity contribution in [3.63, 3.8) is 0 Å². The maximum Gasteiger partial charge on any atom is 0.234 e. The van der Waals surface area contributed by atoms with Crippen LogP contribution in [0.1, 0.15) is 19.4 Å². The molecule has 1 aromatic carbocycles. The first-order chi connectivity index (χ1) is 9.13. The third-order valence-corrected chi connectivity index (χ3v) is 2.38. The predicted molar refractivity (Wildman–Crippen MR) is 77.1 cm³/mol. The SMILES string of the molecule is C=CCOc1ccccc1CNCC(=O)NC(C)C. The Morgan fingerprint density at radius 3 is 2.84 bits per heavy atom. The van der Waals surface area contributed by atoms with Crippen molar-refractivity contribution in [2.75, 3.05) is 13.2 Å². The van der Waals surface area contributed by atoms with E-state index in [0.717, 1.165) is 11.3 Å². The lowest BCUT2D eigenvalue weighted by Crippen LogP contribution is -2.37. The minimum atomic E-state index is -0.000471. The highest BCUT2D eigenvalue weighted by Gasteiger charge is 2.05. The number of para-hydroxylation sites is 1. The molecule has 0 spiro atoms. The van der Waals surface area contributed by atoms with E-state index in [1.54, 1.807) is 6.08 Å². The van der Waals surface area contributed by atoms with Crippen molar-refractivity contribution in [1.82, 2.24) is 10.6 Å². The van der Waals surface area contributed by atoms with E-state index in [1.807, 2.05) is 38.1 Å². The van der Waals surface area contributed by atoms with Gasteiger partial charge < -0.3 is 15.4 Å². The molecule has 0 bridgehead atoms. The molecular weight excluding hydrogens is 240 g/mol. The summed E-state index contributed by atoms with van der Waals surface area (Å²) in [5.74, 6) is 0.818. The third-order valence-electron chi connectivity index (χ3n) is 2.38. The fourth-order valence-electron chi connectivity index (χ4n) is 1.62. The maximum absolute atomic E-state index is 11.5. The van der Waals surface area contributed by atoms with Crippen molar-refractivity contribution >= 4 is 5.91 Å². The number of ether oxygens (including phenoxy) is 1. The van der Waals surface area contributed by atoms with Gasteiger partial charge in [-0.05, 0) is 19.9 Å². The molecule has 0 radical (unpaired) electrons. The largest absolute Gasteiger partial charge is 0.489 e. The molecule has 2 N–H and O–H groups in total. The predicted octanol–water partition coefficient (Wildman–Crippen LogP) is 1.87. The van der Waals surface area contributed by atoms with Crippen LogP contribution < -0.4 is 15.4 Å². The Hall–Kier alpha value is -1.81. The zero-order valence-corrected chi connectivity index (χ0v) is 11.6. The van der Waals surface area contributed by atoms with Crippen LogP contribution in [0.3, 0.4) is 0 Å². The lowest BCUT2D eigenvalue weighted by atomic mass is 10.2. The van der Waals surface area contributed by atoms with Crippen LogP contribution in [-0.2, 0) is 11.3 Å². The average molecular weight is 262 g/mol. The Morgan fingerprint density at radius 1 is 1.42 bits per heavy atom. The molecule has 0 atom stereocenters. The highest BCUT2D eigenvalue weighted by atomic mass is 16.5. The topological polar surface area (TPSA) is 50.4 Å². The zero-order valence-electron chi connectivity index (χ0n) is 11.6. The Kier molecular flexibility index (Phi) is 6.68. The molecule has 0 aliphatic rings. The number of amides is 1. The molecule has 1 rings (SSSR count). The van der Waals surface area contributed by atoms with Gasteiger partial charge in [-0.3, -0.25) is 4.79 Å². The summed E-state index contributed by atoms with van der Waals surface area (Å²) in [5, 5.41) is 5.94. The summed E-state index contributed by atoms with van der Waals surface area (Å²) in [6.45, 7) is 8.88. The highest BCUT2D eigenvalue weighted by molar-refractivity contribution is 5.78. The summed E-state index contributed by atoms with van der Waals surface area (Å²) < 4.78 is 5.55. The smallest absolute Gasteiger partial charge is 0.234 e. The van der Waals surface area contributed by atoms with Crippen LogP contribution >= 0.6 is 0 Å². The number of hydrogen-bond acceptors (Lipinski definition) is 3. The lowest BCUT2D eigenvalue weighted by molar-refractivity contribution is -0.120. The first-order valence-corrected chi connectivity index (χ1v) is 6.45. The number of carbonyl (C=O) groups is 1. The lowest BCUT2D eigenvalue weighted by Gasteiger charge is -2.12. The molecule has 4 nitrogen and oxygen atoms in total. The molecule has 104 valence electrons. The molecule has 0 heterocycles. The first kappa shape index (κ1) is 15.2. The molecule has 1 aromatic rings. The van der Waals surface area contributed by atoms with Crippen molar-refractivity contribution < 1.29 is 9.53 Å². The van der Waals surface area contributed by atoms with Gasteiger partial charge in [-0.15, -0.1) is 0 Å². The molecule has 0 unspecified atom stereocenters. The van der Waals surface area contributed by atoms with Crippen LogP contribution in [0.2, 0.25) is 0 Å². The molecular formula is C15H22N2O2. The van der Waals surface area contributed by atoms with Crippen molar-refractivity contribution in [3.8, 4) is 5.75 Å². The van der Waals surface area contributed by atoms with E-state index in [9.17, 15) is 4.79 Å². The van der Waals surface area contributed by atoms with E-state index >= 15 is 0 Å². The van der Waals surface area contributed by atoms with E-state index in [0.29, 0.717) is 19.7 Å². The van der Waals surface area contributed by atoms with Gasteiger partial charge in [-0.2, -0.15) is 0 Å². The number of benzene rings is 1. The van der Waals surface area contributed by atoms with Gasteiger partial charge in [0.15, 0.2) is 0 Å². The van der Waals surface area contributed by atoms with Crippen LogP contribution in [-0.4, -0.2) is 25.1 Å². The van der Waals surface area contributed by atoms with Gasteiger partial charge >= 0.3 is 0 Å². The standard InChI is InChI=1S/C15H22N2O2/c1-4-9-19-14-8-6-5-7-13(14)10-16-11-15(18)17-12(2)3/h4-8,12,16H,1,9-11H2,2-3H3,(H,17,18). The van der Waals surface area contributed by atoms with E-state index < -0.39 is 0 Å². The second-order valence-electron chi connectivity index (χ2n) is 4.53. The molecule has 0 aliphatic carbocycles. The van der Waals surface area contributed by atoms with E-state index in [-0.39, 0.29) is 11.9 Å². The first-order valence-electron chi connectivity index (χ1n) is 6.45. The quantitative estimate of drug-likeness (QED) is 0.703. The van der Waals surface area contributed by atoms with Crippen LogP contribution in [0.25, 0.3) is 0 Å². The fourth-order valence-corrected chi connectivity index (χ4v) is 1.62. The molecule has 0 aliphatic heterocycles. The number of nitrogens with one attached hydrogen (secondary N) is 2. The van der Waals surface area contributed by atoms with Gasteiger partial charge in [-0.25, -0.2) is 0 Å². The molecule has 1 amide bonds. The summed E-state index contributed by atoms with van der Waals surface area (Å²) >= 11 is 0. The van der Waals surface area contributed by atoms with Crippen molar-refractivity contribution in [3.05, 3.63) is 42.5 Å². The van der Waals surface area contributed by atoms with Crippen molar-refractivity contribution in [2.24, 2.45) is 0 Å².